The summed E-state index contributed by atoms with van der Waals surface area (Å²) in [5.41, 5.74) is 6.21. The van der Waals surface area contributed by atoms with Gasteiger partial charge in [0.25, 0.3) is 0 Å². The van der Waals surface area contributed by atoms with Crippen LogP contribution in [0.15, 0.2) is 4.52 Å². The predicted molar refractivity (Wildman–Crippen MR) is 80.2 cm³/mol. The van der Waals surface area contributed by atoms with E-state index in [-0.39, 0.29) is 5.41 Å². The first-order valence-electron chi connectivity index (χ1n) is 7.78. The van der Waals surface area contributed by atoms with Crippen molar-refractivity contribution in [3.8, 4) is 0 Å². The molecule has 1 saturated carbocycles. The average molecular weight is 279 g/mol. The maximum absolute atomic E-state index is 6.79. The lowest BCUT2D eigenvalue weighted by molar-refractivity contribution is 0.0983. The lowest BCUT2D eigenvalue weighted by Crippen LogP contribution is -2.51. The van der Waals surface area contributed by atoms with Crippen LogP contribution in [0.1, 0.15) is 72.5 Å². The monoisotopic (exact) mass is 279 g/mol. The van der Waals surface area contributed by atoms with Gasteiger partial charge in [0.15, 0.2) is 5.82 Å². The molecule has 114 valence electrons. The maximum Gasteiger partial charge on any atom is 0.232 e. The molecule has 1 aromatic heterocycles. The van der Waals surface area contributed by atoms with Crippen molar-refractivity contribution in [1.82, 2.24) is 10.1 Å². The Morgan fingerprint density at radius 3 is 2.45 bits per heavy atom. The van der Waals surface area contributed by atoms with Crippen molar-refractivity contribution in [3.63, 3.8) is 0 Å². The fraction of sp³-hybridized carbons (Fsp3) is 0.875. The summed E-state index contributed by atoms with van der Waals surface area (Å²) in [5, 5.41) is 4.23. The van der Waals surface area contributed by atoms with Crippen molar-refractivity contribution in [2.75, 3.05) is 0 Å². The first kappa shape index (κ1) is 15.5. The summed E-state index contributed by atoms with van der Waals surface area (Å²) in [6.45, 7) is 13.0. The van der Waals surface area contributed by atoms with E-state index in [1.54, 1.807) is 0 Å². The van der Waals surface area contributed by atoms with Crippen molar-refractivity contribution in [2.45, 2.75) is 71.8 Å². The number of rotatable bonds is 2. The summed E-state index contributed by atoms with van der Waals surface area (Å²) in [6.07, 6.45) is 3.33. The molecular formula is C16H29N3O. The van der Waals surface area contributed by atoms with Gasteiger partial charge in [-0.2, -0.15) is 4.98 Å². The molecule has 2 N–H and O–H groups in total. The van der Waals surface area contributed by atoms with E-state index in [9.17, 15) is 0 Å². The molecular weight excluding hydrogens is 250 g/mol. The van der Waals surface area contributed by atoms with E-state index in [2.05, 4.69) is 51.7 Å². The fourth-order valence-electron chi connectivity index (χ4n) is 3.45. The molecule has 0 bridgehead atoms. The molecule has 3 atom stereocenters. The zero-order chi connectivity index (χ0) is 15.1. The van der Waals surface area contributed by atoms with Gasteiger partial charge in [-0.3, -0.25) is 0 Å². The average Bonchev–Trinajstić information content (AvgIpc) is 2.77. The number of nitrogens with two attached hydrogens (primary N) is 1. The Morgan fingerprint density at radius 2 is 1.95 bits per heavy atom. The SMILES string of the molecule is CC1CCC(C(C)C)C(N)(c2noc(C(C)(C)C)n2)C1. The third-order valence-electron chi connectivity index (χ3n) is 4.61. The van der Waals surface area contributed by atoms with Crippen molar-refractivity contribution < 1.29 is 4.52 Å². The molecule has 0 amide bonds. The van der Waals surface area contributed by atoms with E-state index >= 15 is 0 Å². The highest BCUT2D eigenvalue weighted by atomic mass is 16.5. The molecule has 1 aromatic rings. The van der Waals surface area contributed by atoms with Crippen molar-refractivity contribution in [3.05, 3.63) is 11.7 Å². The van der Waals surface area contributed by atoms with Crippen LogP contribution in [0.5, 0.6) is 0 Å². The molecule has 3 unspecified atom stereocenters. The van der Waals surface area contributed by atoms with Gasteiger partial charge in [0.2, 0.25) is 5.89 Å². The summed E-state index contributed by atoms with van der Waals surface area (Å²) in [7, 11) is 0. The topological polar surface area (TPSA) is 64.9 Å². The lowest BCUT2D eigenvalue weighted by Gasteiger charge is -2.43. The highest BCUT2D eigenvalue weighted by Gasteiger charge is 2.46. The molecule has 4 heteroatoms. The first-order valence-corrected chi connectivity index (χ1v) is 7.78. The molecule has 1 aliphatic carbocycles. The number of nitrogens with zero attached hydrogens (tertiary/aromatic N) is 2. The quantitative estimate of drug-likeness (QED) is 0.898. The molecule has 1 fully saturated rings. The van der Waals surface area contributed by atoms with Crippen molar-refractivity contribution in [2.24, 2.45) is 23.5 Å². The van der Waals surface area contributed by atoms with E-state index in [4.69, 9.17) is 10.3 Å². The molecule has 20 heavy (non-hydrogen) atoms. The van der Waals surface area contributed by atoms with Crippen LogP contribution in [0, 0.1) is 17.8 Å². The summed E-state index contributed by atoms with van der Waals surface area (Å²) < 4.78 is 5.47. The third-order valence-corrected chi connectivity index (χ3v) is 4.61. The fourth-order valence-corrected chi connectivity index (χ4v) is 3.45. The molecule has 0 spiro atoms. The van der Waals surface area contributed by atoms with E-state index in [1.165, 1.54) is 6.42 Å². The summed E-state index contributed by atoms with van der Waals surface area (Å²) in [6, 6.07) is 0. The van der Waals surface area contributed by atoms with Gasteiger partial charge in [0, 0.05) is 5.41 Å². The maximum atomic E-state index is 6.79. The number of hydrogen-bond donors (Lipinski definition) is 1. The van der Waals surface area contributed by atoms with Crippen molar-refractivity contribution >= 4 is 0 Å². The third kappa shape index (κ3) is 2.76. The highest BCUT2D eigenvalue weighted by molar-refractivity contribution is 5.12. The van der Waals surface area contributed by atoms with E-state index in [1.807, 2.05) is 0 Å². The highest BCUT2D eigenvalue weighted by Crippen LogP contribution is 2.44. The normalized spacial score (nSPS) is 31.8. The molecule has 1 aliphatic rings. The van der Waals surface area contributed by atoms with Gasteiger partial charge < -0.3 is 10.3 Å². The van der Waals surface area contributed by atoms with Crippen LogP contribution in [0.25, 0.3) is 0 Å². The van der Waals surface area contributed by atoms with E-state index in [0.29, 0.717) is 29.5 Å². The van der Waals surface area contributed by atoms with Gasteiger partial charge in [0.1, 0.15) is 0 Å². The minimum atomic E-state index is -0.446. The Kier molecular flexibility index (Phi) is 3.98. The van der Waals surface area contributed by atoms with Gasteiger partial charge >= 0.3 is 0 Å². The first-order chi connectivity index (χ1) is 9.14. The second-order valence-corrected chi connectivity index (χ2v) is 7.95. The number of hydrogen-bond acceptors (Lipinski definition) is 4. The zero-order valence-corrected chi connectivity index (χ0v) is 13.7. The Hall–Kier alpha value is -0.900. The van der Waals surface area contributed by atoms with Crippen LogP contribution in [0.4, 0.5) is 0 Å². The molecule has 2 rings (SSSR count). The molecule has 4 nitrogen and oxygen atoms in total. The number of aromatic nitrogens is 2. The molecule has 0 aliphatic heterocycles. The zero-order valence-electron chi connectivity index (χ0n) is 13.7. The van der Waals surface area contributed by atoms with Crippen LogP contribution < -0.4 is 5.73 Å². The summed E-state index contributed by atoms with van der Waals surface area (Å²) in [5.74, 6) is 2.95. The van der Waals surface area contributed by atoms with Gasteiger partial charge in [-0.25, -0.2) is 0 Å². The summed E-state index contributed by atoms with van der Waals surface area (Å²) >= 11 is 0. The standard InChI is InChI=1S/C16H29N3O/c1-10(2)12-8-7-11(3)9-16(12,17)13-18-14(20-19-13)15(4,5)6/h10-12H,7-9,17H2,1-6H3. The van der Waals surface area contributed by atoms with Crippen LogP contribution >= 0.6 is 0 Å². The Morgan fingerprint density at radius 1 is 1.30 bits per heavy atom. The van der Waals surface area contributed by atoms with Crippen LogP contribution in [0.2, 0.25) is 0 Å². The Balaban J connectivity index is 2.37. The minimum Gasteiger partial charge on any atom is -0.339 e. The predicted octanol–water partition coefficient (Wildman–Crippen LogP) is 3.61. The van der Waals surface area contributed by atoms with Crippen molar-refractivity contribution in [1.29, 1.82) is 0 Å². The van der Waals surface area contributed by atoms with Gasteiger partial charge in [-0.1, -0.05) is 53.1 Å². The van der Waals surface area contributed by atoms with Crippen LogP contribution in [0.3, 0.4) is 0 Å². The molecule has 0 radical (unpaired) electrons. The minimum absolute atomic E-state index is 0.130. The van der Waals surface area contributed by atoms with E-state index < -0.39 is 5.54 Å². The second kappa shape index (κ2) is 5.14. The molecule has 0 aromatic carbocycles. The smallest absolute Gasteiger partial charge is 0.232 e. The lowest BCUT2D eigenvalue weighted by atomic mass is 9.65. The van der Waals surface area contributed by atoms with Crippen LogP contribution in [-0.2, 0) is 11.0 Å². The Labute approximate surface area is 122 Å². The van der Waals surface area contributed by atoms with E-state index in [0.717, 1.165) is 12.8 Å². The largest absolute Gasteiger partial charge is 0.339 e. The second-order valence-electron chi connectivity index (χ2n) is 7.95. The van der Waals surface area contributed by atoms with Crippen LogP contribution in [-0.4, -0.2) is 10.1 Å². The van der Waals surface area contributed by atoms with Gasteiger partial charge in [0.05, 0.1) is 5.54 Å². The summed E-state index contributed by atoms with van der Waals surface area (Å²) in [4.78, 5) is 4.64. The van der Waals surface area contributed by atoms with Gasteiger partial charge in [-0.05, 0) is 30.6 Å². The molecule has 0 saturated heterocycles. The molecule has 1 heterocycles. The Bertz CT molecular complexity index is 461. The van der Waals surface area contributed by atoms with Gasteiger partial charge in [-0.15, -0.1) is 0 Å².